The molecule has 1 saturated heterocycles. The van der Waals surface area contributed by atoms with Crippen LogP contribution in [0.15, 0.2) is 41.6 Å². The van der Waals surface area contributed by atoms with Gasteiger partial charge in [-0.2, -0.15) is 0 Å². The van der Waals surface area contributed by atoms with Crippen molar-refractivity contribution >= 4 is 45.7 Å². The number of pyridine rings is 2. The van der Waals surface area contributed by atoms with Gasteiger partial charge in [0, 0.05) is 29.1 Å². The first kappa shape index (κ1) is 15.0. The Bertz CT molecular complexity index is 908. The smallest absolute Gasteiger partial charge is 0.323 e. The molecule has 0 bridgehead atoms. The molecule has 1 aliphatic heterocycles. The van der Waals surface area contributed by atoms with Crippen LogP contribution in [0.4, 0.5) is 0 Å². The molecule has 1 aliphatic carbocycles. The fourth-order valence-electron chi connectivity index (χ4n) is 2.80. The van der Waals surface area contributed by atoms with E-state index >= 15 is 0 Å². The van der Waals surface area contributed by atoms with Gasteiger partial charge in [0.05, 0.1) is 16.3 Å². The summed E-state index contributed by atoms with van der Waals surface area (Å²) in [7, 11) is 0. The van der Waals surface area contributed by atoms with E-state index in [2.05, 4.69) is 9.97 Å². The van der Waals surface area contributed by atoms with Crippen LogP contribution in [-0.4, -0.2) is 42.7 Å². The number of fused-ring (bicyclic) bond motifs is 3. The van der Waals surface area contributed by atoms with E-state index in [-0.39, 0.29) is 4.32 Å². The lowest BCUT2D eigenvalue weighted by Gasteiger charge is -2.10. The summed E-state index contributed by atoms with van der Waals surface area (Å²) in [6, 6.07) is 7.34. The van der Waals surface area contributed by atoms with E-state index in [1.165, 1.54) is 0 Å². The third-order valence-corrected chi connectivity index (χ3v) is 5.20. The minimum atomic E-state index is -1.10. The van der Waals surface area contributed by atoms with Crippen molar-refractivity contribution in [3.63, 3.8) is 0 Å². The van der Waals surface area contributed by atoms with Gasteiger partial charge in [-0.15, -0.1) is 0 Å². The van der Waals surface area contributed by atoms with Crippen molar-refractivity contribution in [2.24, 2.45) is 0 Å². The molecule has 0 saturated carbocycles. The van der Waals surface area contributed by atoms with Crippen molar-refractivity contribution in [1.29, 1.82) is 0 Å². The zero-order valence-corrected chi connectivity index (χ0v) is 13.7. The number of carboxylic acids is 1. The lowest BCUT2D eigenvalue weighted by atomic mass is 10.1. The third-order valence-electron chi connectivity index (χ3n) is 3.75. The summed E-state index contributed by atoms with van der Waals surface area (Å²) >= 11 is 6.30. The van der Waals surface area contributed by atoms with Crippen molar-refractivity contribution in [3.8, 4) is 11.4 Å². The number of aromatic nitrogens is 2. The highest BCUT2D eigenvalue weighted by atomic mass is 32.2. The van der Waals surface area contributed by atoms with Gasteiger partial charge in [0.1, 0.15) is 10.9 Å². The number of hydrogen-bond acceptors (Lipinski definition) is 6. The summed E-state index contributed by atoms with van der Waals surface area (Å²) in [5, 5.41) is 8.98. The summed E-state index contributed by atoms with van der Waals surface area (Å²) in [4.78, 5) is 34.0. The van der Waals surface area contributed by atoms with E-state index in [0.29, 0.717) is 21.9 Å². The normalized spacial score (nSPS) is 15.8. The first-order chi connectivity index (χ1) is 11.6. The highest BCUT2D eigenvalue weighted by Crippen LogP contribution is 2.47. The predicted molar refractivity (Wildman–Crippen MR) is 93.0 cm³/mol. The quantitative estimate of drug-likeness (QED) is 0.557. The number of aliphatic carboxylic acids is 1. The van der Waals surface area contributed by atoms with Crippen LogP contribution in [0.2, 0.25) is 0 Å². The van der Waals surface area contributed by atoms with Crippen LogP contribution in [0.1, 0.15) is 11.1 Å². The molecule has 118 valence electrons. The second kappa shape index (κ2) is 5.50. The molecule has 0 unspecified atom stereocenters. The Labute approximate surface area is 146 Å². The van der Waals surface area contributed by atoms with Crippen LogP contribution in [0.25, 0.3) is 17.0 Å². The first-order valence-corrected chi connectivity index (χ1v) is 8.21. The molecule has 6 nitrogen and oxygen atoms in total. The van der Waals surface area contributed by atoms with Crippen molar-refractivity contribution in [3.05, 3.63) is 52.7 Å². The van der Waals surface area contributed by atoms with Gasteiger partial charge in [0.25, 0.3) is 5.91 Å². The van der Waals surface area contributed by atoms with Crippen molar-refractivity contribution < 1.29 is 14.7 Å². The Hall–Kier alpha value is -2.58. The van der Waals surface area contributed by atoms with Crippen LogP contribution >= 0.6 is 24.0 Å². The van der Waals surface area contributed by atoms with Gasteiger partial charge in [-0.3, -0.25) is 24.5 Å². The molecule has 1 fully saturated rings. The average molecular weight is 355 g/mol. The second-order valence-corrected chi connectivity index (χ2v) is 6.80. The fourth-order valence-corrected chi connectivity index (χ4v) is 4.15. The maximum absolute atomic E-state index is 12.7. The zero-order valence-electron chi connectivity index (χ0n) is 12.1. The average Bonchev–Trinajstić information content (AvgIpc) is 3.04. The Balaban J connectivity index is 1.93. The maximum Gasteiger partial charge on any atom is 0.323 e. The summed E-state index contributed by atoms with van der Waals surface area (Å²) in [5.74, 6) is -1.50. The lowest BCUT2D eigenvalue weighted by molar-refractivity contribution is -0.140. The largest absolute Gasteiger partial charge is 0.480 e. The number of nitrogens with zero attached hydrogens (tertiary/aromatic N) is 3. The summed E-state index contributed by atoms with van der Waals surface area (Å²) in [5.41, 5.74) is 3.76. The van der Waals surface area contributed by atoms with Gasteiger partial charge in [-0.05, 0) is 12.1 Å². The van der Waals surface area contributed by atoms with Gasteiger partial charge in [0.2, 0.25) is 0 Å². The van der Waals surface area contributed by atoms with Gasteiger partial charge in [-0.1, -0.05) is 36.1 Å². The van der Waals surface area contributed by atoms with E-state index in [1.54, 1.807) is 24.5 Å². The predicted octanol–water partition coefficient (Wildman–Crippen LogP) is 2.16. The number of amides is 1. The monoisotopic (exact) mass is 355 g/mol. The SMILES string of the molecule is O=C(O)CN1C(=O)C(=C2c3cccnc3-c3ncccc32)SC1=S. The molecule has 24 heavy (non-hydrogen) atoms. The van der Waals surface area contributed by atoms with Gasteiger partial charge in [-0.25, -0.2) is 0 Å². The van der Waals surface area contributed by atoms with Crippen LogP contribution in [-0.2, 0) is 9.59 Å². The molecule has 4 rings (SSSR count). The van der Waals surface area contributed by atoms with Crippen molar-refractivity contribution in [2.45, 2.75) is 0 Å². The zero-order chi connectivity index (χ0) is 16.8. The number of thioether (sulfide) groups is 1. The van der Waals surface area contributed by atoms with Crippen LogP contribution in [0.3, 0.4) is 0 Å². The van der Waals surface area contributed by atoms with E-state index in [0.717, 1.165) is 27.8 Å². The molecule has 0 radical (unpaired) electrons. The molecule has 0 aromatic carbocycles. The number of carbonyl (C=O) groups is 2. The molecule has 0 spiro atoms. The Kier molecular flexibility index (Phi) is 3.43. The van der Waals surface area contributed by atoms with Crippen LogP contribution in [0, 0.1) is 0 Å². The fraction of sp³-hybridized carbons (Fsp3) is 0.0625. The second-order valence-electron chi connectivity index (χ2n) is 5.16. The van der Waals surface area contributed by atoms with E-state index < -0.39 is 18.4 Å². The number of hydrogen-bond donors (Lipinski definition) is 1. The van der Waals surface area contributed by atoms with Gasteiger partial charge in [0.15, 0.2) is 0 Å². The topological polar surface area (TPSA) is 83.4 Å². The molecule has 2 aromatic rings. The van der Waals surface area contributed by atoms with Crippen LogP contribution < -0.4 is 0 Å². The third kappa shape index (κ3) is 2.15. The van der Waals surface area contributed by atoms with Crippen molar-refractivity contribution in [1.82, 2.24) is 14.9 Å². The Morgan fingerprint density at radius 3 is 2.29 bits per heavy atom. The lowest BCUT2D eigenvalue weighted by Crippen LogP contribution is -2.33. The first-order valence-electron chi connectivity index (χ1n) is 6.99. The molecule has 8 heteroatoms. The Morgan fingerprint density at radius 2 is 1.75 bits per heavy atom. The van der Waals surface area contributed by atoms with Crippen molar-refractivity contribution in [2.75, 3.05) is 6.54 Å². The molecular formula is C16H9N3O3S2. The molecule has 2 aliphatic rings. The van der Waals surface area contributed by atoms with E-state index in [9.17, 15) is 9.59 Å². The molecule has 2 aromatic heterocycles. The number of carbonyl (C=O) groups excluding carboxylic acids is 1. The minimum Gasteiger partial charge on any atom is -0.480 e. The van der Waals surface area contributed by atoms with Crippen LogP contribution in [0.5, 0.6) is 0 Å². The number of rotatable bonds is 2. The minimum absolute atomic E-state index is 0.243. The van der Waals surface area contributed by atoms with E-state index in [1.807, 2.05) is 12.1 Å². The number of thiocarbonyl (C=S) groups is 1. The van der Waals surface area contributed by atoms with Gasteiger partial charge < -0.3 is 5.11 Å². The molecule has 1 N–H and O–H groups in total. The Morgan fingerprint density at radius 1 is 1.17 bits per heavy atom. The highest BCUT2D eigenvalue weighted by Gasteiger charge is 2.39. The standard InChI is InChI=1S/C16H9N3O3S2/c20-10(21)7-19-15(22)14(24-16(19)23)11-8-3-1-5-17-12(8)13-9(11)4-2-6-18-13/h1-6H,7H2,(H,20,21). The molecule has 0 atom stereocenters. The number of carboxylic acid groups (broad SMARTS) is 1. The summed E-state index contributed by atoms with van der Waals surface area (Å²) in [6.07, 6.45) is 3.35. The summed E-state index contributed by atoms with van der Waals surface area (Å²) < 4.78 is 0.243. The highest BCUT2D eigenvalue weighted by molar-refractivity contribution is 8.26. The molecule has 1 amide bonds. The maximum atomic E-state index is 12.7. The summed E-state index contributed by atoms with van der Waals surface area (Å²) in [6.45, 7) is -0.443. The molecular weight excluding hydrogens is 346 g/mol. The van der Waals surface area contributed by atoms with E-state index in [4.69, 9.17) is 17.3 Å². The van der Waals surface area contributed by atoms with Gasteiger partial charge >= 0.3 is 5.97 Å². The molecule has 3 heterocycles.